The maximum Gasteiger partial charge on any atom is 0.264 e. The van der Waals surface area contributed by atoms with Crippen LogP contribution in [0.15, 0.2) is 52.9 Å². The van der Waals surface area contributed by atoms with Crippen LogP contribution in [-0.4, -0.2) is 52.6 Å². The van der Waals surface area contributed by atoms with E-state index in [1.54, 1.807) is 11.6 Å². The van der Waals surface area contributed by atoms with Gasteiger partial charge in [0.2, 0.25) is 0 Å². The van der Waals surface area contributed by atoms with Crippen LogP contribution in [0, 0.1) is 5.82 Å². The van der Waals surface area contributed by atoms with Crippen molar-refractivity contribution in [2.24, 2.45) is 7.05 Å². The molecule has 2 aromatic heterocycles. The molecule has 0 spiro atoms. The third-order valence-corrected chi connectivity index (χ3v) is 8.22. The zero-order chi connectivity index (χ0) is 28.0. The summed E-state index contributed by atoms with van der Waals surface area (Å²) in [5.41, 5.74) is 2.29. The Labute approximate surface area is 227 Å². The van der Waals surface area contributed by atoms with Crippen molar-refractivity contribution in [3.63, 3.8) is 0 Å². The minimum atomic E-state index is -3.02. The number of hydrogen-bond acceptors (Lipinski definition) is 6. The third-order valence-electron chi connectivity index (χ3n) is 7.42. The van der Waals surface area contributed by atoms with E-state index in [9.17, 15) is 18.4 Å². The fraction of sp³-hybridized carbons (Fsp3) is 0.321. The number of aryl methyl sites for hydroxylation is 1. The fourth-order valence-corrected chi connectivity index (χ4v) is 5.83. The number of carbonyl (C=O) groups is 1. The molecule has 4 aromatic rings. The number of anilines is 2. The number of piperazine rings is 1. The first-order valence-corrected chi connectivity index (χ1v) is 13.4. The van der Waals surface area contributed by atoms with Gasteiger partial charge in [0.1, 0.15) is 5.82 Å². The number of hydrogen-bond donors (Lipinski definition) is 1. The van der Waals surface area contributed by atoms with Gasteiger partial charge < -0.3 is 14.8 Å². The summed E-state index contributed by atoms with van der Waals surface area (Å²) in [5, 5.41) is 2.76. The average Bonchev–Trinajstić information content (AvgIpc) is 3.38. The molecule has 0 bridgehead atoms. The summed E-state index contributed by atoms with van der Waals surface area (Å²) < 4.78 is 45.3. The molecule has 2 atom stereocenters. The standard InChI is InChI=1S/C28H28F3N5O2S/c1-15-11-36(12-16(2)35(15)4)26-21(33-28(38)19-13-34(3)23(37)10-18(19)27(30)31)9-8-20(29)24(26)17-6-5-7-22-25(17)32-14-39-22/h5-10,13-16,27H,11-12H2,1-4H3,(H,33,38)/t15-,16+. The minimum absolute atomic E-state index is 0.123. The molecule has 11 heteroatoms. The van der Waals surface area contributed by atoms with Gasteiger partial charge in [0.05, 0.1) is 32.7 Å². The highest BCUT2D eigenvalue weighted by Crippen LogP contribution is 2.43. The van der Waals surface area contributed by atoms with Gasteiger partial charge in [-0.05, 0) is 39.1 Å². The number of halogens is 3. The van der Waals surface area contributed by atoms with Crippen LogP contribution < -0.4 is 15.8 Å². The summed E-state index contributed by atoms with van der Waals surface area (Å²) in [6.07, 6.45) is -1.93. The summed E-state index contributed by atoms with van der Waals surface area (Å²) in [4.78, 5) is 34.2. The SMILES string of the molecule is C[C@@H]1CN(c2c(NC(=O)c3cn(C)c(=O)cc3C(F)F)ccc(F)c2-c2cccc3scnc23)C[C@H](C)N1C. The zero-order valence-electron chi connectivity index (χ0n) is 21.9. The van der Waals surface area contributed by atoms with Crippen LogP contribution in [0.2, 0.25) is 0 Å². The molecule has 1 N–H and O–H groups in total. The first kappa shape index (κ1) is 26.9. The number of alkyl halides is 2. The molecule has 1 aliphatic rings. The van der Waals surface area contributed by atoms with Gasteiger partial charge in [-0.25, -0.2) is 18.2 Å². The Morgan fingerprint density at radius 2 is 1.85 bits per heavy atom. The number of rotatable bonds is 5. The highest BCUT2D eigenvalue weighted by molar-refractivity contribution is 7.16. The second-order valence-corrected chi connectivity index (χ2v) is 10.8. The van der Waals surface area contributed by atoms with Crippen LogP contribution in [0.1, 0.15) is 36.2 Å². The van der Waals surface area contributed by atoms with Crippen molar-refractivity contribution in [3.8, 4) is 11.1 Å². The van der Waals surface area contributed by atoms with E-state index in [1.807, 2.05) is 24.1 Å². The molecule has 1 aliphatic heterocycles. The summed E-state index contributed by atoms with van der Waals surface area (Å²) in [6, 6.07) is 9.26. The van der Waals surface area contributed by atoms with E-state index in [0.717, 1.165) is 21.5 Å². The Kier molecular flexibility index (Phi) is 7.21. The van der Waals surface area contributed by atoms with Gasteiger partial charge in [-0.3, -0.25) is 14.5 Å². The molecule has 1 fully saturated rings. The molecule has 0 saturated carbocycles. The molecule has 0 aliphatic carbocycles. The molecule has 3 heterocycles. The highest BCUT2D eigenvalue weighted by Gasteiger charge is 2.32. The summed E-state index contributed by atoms with van der Waals surface area (Å²) in [7, 11) is 3.42. The van der Waals surface area contributed by atoms with E-state index >= 15 is 4.39 Å². The number of nitrogens with one attached hydrogen (secondary N) is 1. The second-order valence-electron chi connectivity index (χ2n) is 9.94. The van der Waals surface area contributed by atoms with E-state index in [1.165, 1.54) is 30.5 Å². The van der Waals surface area contributed by atoms with E-state index in [0.29, 0.717) is 29.9 Å². The number of carbonyl (C=O) groups excluding carboxylic acids is 1. The first-order valence-electron chi connectivity index (χ1n) is 12.5. The summed E-state index contributed by atoms with van der Waals surface area (Å²) >= 11 is 1.44. The number of thiazole rings is 1. The number of fused-ring (bicyclic) bond motifs is 1. The maximum atomic E-state index is 15.8. The van der Waals surface area contributed by atoms with Gasteiger partial charge in [0.25, 0.3) is 17.9 Å². The van der Waals surface area contributed by atoms with E-state index in [2.05, 4.69) is 29.0 Å². The van der Waals surface area contributed by atoms with Gasteiger partial charge in [0.15, 0.2) is 0 Å². The Morgan fingerprint density at radius 3 is 2.54 bits per heavy atom. The summed E-state index contributed by atoms with van der Waals surface area (Å²) in [5.74, 6) is -1.31. The fourth-order valence-electron chi connectivity index (χ4n) is 5.13. The maximum absolute atomic E-state index is 15.8. The van der Waals surface area contributed by atoms with Gasteiger partial charge in [0, 0.05) is 61.2 Å². The smallest absolute Gasteiger partial charge is 0.264 e. The van der Waals surface area contributed by atoms with Gasteiger partial charge >= 0.3 is 0 Å². The lowest BCUT2D eigenvalue weighted by Gasteiger charge is -2.44. The molecule has 204 valence electrons. The predicted octanol–water partition coefficient (Wildman–Crippen LogP) is 5.52. The molecular formula is C28H28F3N5O2S. The molecule has 1 amide bonds. The van der Waals surface area contributed by atoms with Crippen molar-refractivity contribution in [2.45, 2.75) is 32.4 Å². The molecule has 1 saturated heterocycles. The Hall–Kier alpha value is -3.70. The highest BCUT2D eigenvalue weighted by atomic mass is 32.1. The molecule has 5 rings (SSSR count). The molecule has 0 radical (unpaired) electrons. The Morgan fingerprint density at radius 1 is 1.13 bits per heavy atom. The van der Waals surface area contributed by atoms with Crippen molar-refractivity contribution in [1.29, 1.82) is 0 Å². The van der Waals surface area contributed by atoms with Crippen molar-refractivity contribution >= 4 is 38.8 Å². The van der Waals surface area contributed by atoms with Crippen molar-refractivity contribution in [1.82, 2.24) is 14.5 Å². The topological polar surface area (TPSA) is 70.5 Å². The largest absolute Gasteiger partial charge is 0.366 e. The monoisotopic (exact) mass is 555 g/mol. The van der Waals surface area contributed by atoms with Gasteiger partial charge in [-0.1, -0.05) is 12.1 Å². The number of benzene rings is 2. The normalized spacial score (nSPS) is 18.2. The van der Waals surface area contributed by atoms with Crippen molar-refractivity contribution in [2.75, 3.05) is 30.4 Å². The quantitative estimate of drug-likeness (QED) is 0.351. The van der Waals surface area contributed by atoms with Crippen LogP contribution in [-0.2, 0) is 7.05 Å². The number of amides is 1. The summed E-state index contributed by atoms with van der Waals surface area (Å²) in [6.45, 7) is 5.24. The minimum Gasteiger partial charge on any atom is -0.366 e. The van der Waals surface area contributed by atoms with Crippen molar-refractivity contribution in [3.05, 3.63) is 75.4 Å². The predicted molar refractivity (Wildman–Crippen MR) is 149 cm³/mol. The third kappa shape index (κ3) is 4.92. The Bertz CT molecular complexity index is 1610. The Balaban J connectivity index is 1.69. The van der Waals surface area contributed by atoms with Crippen LogP contribution in [0.25, 0.3) is 21.3 Å². The van der Waals surface area contributed by atoms with Crippen LogP contribution in [0.5, 0.6) is 0 Å². The van der Waals surface area contributed by atoms with Crippen LogP contribution in [0.3, 0.4) is 0 Å². The zero-order valence-corrected chi connectivity index (χ0v) is 22.7. The molecule has 39 heavy (non-hydrogen) atoms. The second kappa shape index (κ2) is 10.5. The van der Waals surface area contributed by atoms with Gasteiger partial charge in [-0.15, -0.1) is 11.3 Å². The number of para-hydroxylation sites is 1. The lowest BCUT2D eigenvalue weighted by atomic mass is 9.97. The van der Waals surface area contributed by atoms with Crippen molar-refractivity contribution < 1.29 is 18.0 Å². The molecule has 0 unspecified atom stereocenters. The van der Waals surface area contributed by atoms with E-state index < -0.39 is 29.3 Å². The lowest BCUT2D eigenvalue weighted by molar-refractivity contribution is 0.101. The lowest BCUT2D eigenvalue weighted by Crippen LogP contribution is -2.55. The number of aromatic nitrogens is 2. The average molecular weight is 556 g/mol. The molecule has 2 aromatic carbocycles. The van der Waals surface area contributed by atoms with E-state index in [-0.39, 0.29) is 28.9 Å². The van der Waals surface area contributed by atoms with Crippen LogP contribution >= 0.6 is 11.3 Å². The van der Waals surface area contributed by atoms with Crippen LogP contribution in [0.4, 0.5) is 24.5 Å². The number of likely N-dealkylation sites (N-methyl/N-ethyl adjacent to an activating group) is 1. The number of nitrogens with zero attached hydrogens (tertiary/aromatic N) is 4. The molecular weight excluding hydrogens is 527 g/mol. The molecule has 7 nitrogen and oxygen atoms in total. The number of pyridine rings is 1. The van der Waals surface area contributed by atoms with E-state index in [4.69, 9.17) is 0 Å². The first-order chi connectivity index (χ1) is 18.6. The van der Waals surface area contributed by atoms with Gasteiger partial charge in [-0.2, -0.15) is 0 Å².